The number of aromatic nitrogens is 2. The Labute approximate surface area is 150 Å². The van der Waals surface area contributed by atoms with Crippen LogP contribution in [0.3, 0.4) is 0 Å². The first kappa shape index (κ1) is 18.9. The van der Waals surface area contributed by atoms with Crippen LogP contribution in [-0.2, 0) is 6.54 Å². The van der Waals surface area contributed by atoms with Crippen molar-refractivity contribution in [2.75, 3.05) is 25.0 Å². The highest BCUT2D eigenvalue weighted by molar-refractivity contribution is 5.93. The van der Waals surface area contributed by atoms with E-state index in [1.54, 1.807) is 6.07 Å². The maximum atomic E-state index is 12.9. The summed E-state index contributed by atoms with van der Waals surface area (Å²) >= 11 is 0. The molecule has 1 heterocycles. The van der Waals surface area contributed by atoms with E-state index in [0.29, 0.717) is 24.6 Å². The Morgan fingerprint density at radius 2 is 1.84 bits per heavy atom. The zero-order chi connectivity index (χ0) is 18.2. The molecular weight excluding hydrogens is 312 g/mol. The van der Waals surface area contributed by atoms with Gasteiger partial charge in [0.05, 0.1) is 0 Å². The summed E-state index contributed by atoms with van der Waals surface area (Å²) in [6, 6.07) is 11.8. The zero-order valence-corrected chi connectivity index (χ0v) is 15.7. The first-order valence-corrected chi connectivity index (χ1v) is 8.95. The number of aryl methyl sites for hydroxylation is 1. The van der Waals surface area contributed by atoms with Gasteiger partial charge in [0.15, 0.2) is 0 Å². The predicted octanol–water partition coefficient (Wildman–Crippen LogP) is 3.68. The molecule has 5 nitrogen and oxygen atoms in total. The zero-order valence-electron chi connectivity index (χ0n) is 15.7. The molecule has 0 saturated carbocycles. The van der Waals surface area contributed by atoms with Crippen LogP contribution in [0.1, 0.15) is 48.6 Å². The summed E-state index contributed by atoms with van der Waals surface area (Å²) < 4.78 is 0. The van der Waals surface area contributed by atoms with Crippen LogP contribution in [0.4, 0.5) is 5.82 Å². The maximum absolute atomic E-state index is 12.9. The second kappa shape index (κ2) is 9.16. The Morgan fingerprint density at radius 1 is 1.12 bits per heavy atom. The van der Waals surface area contributed by atoms with Gasteiger partial charge in [0.1, 0.15) is 17.3 Å². The van der Waals surface area contributed by atoms with Crippen molar-refractivity contribution in [2.45, 2.75) is 40.2 Å². The van der Waals surface area contributed by atoms with Crippen LogP contribution in [0, 0.1) is 6.92 Å². The summed E-state index contributed by atoms with van der Waals surface area (Å²) in [5.41, 5.74) is 1.58. The molecule has 0 saturated heterocycles. The molecule has 2 rings (SSSR count). The molecule has 5 heteroatoms. The van der Waals surface area contributed by atoms with E-state index < -0.39 is 0 Å². The van der Waals surface area contributed by atoms with Gasteiger partial charge in [-0.1, -0.05) is 43.7 Å². The topological polar surface area (TPSA) is 49.3 Å². The van der Waals surface area contributed by atoms with Crippen LogP contribution >= 0.6 is 0 Å². The van der Waals surface area contributed by atoms with Crippen LogP contribution in [0.25, 0.3) is 0 Å². The van der Waals surface area contributed by atoms with Crippen molar-refractivity contribution >= 4 is 11.7 Å². The smallest absolute Gasteiger partial charge is 0.272 e. The van der Waals surface area contributed by atoms with Gasteiger partial charge in [0.2, 0.25) is 0 Å². The molecule has 1 aromatic carbocycles. The second-order valence-electron chi connectivity index (χ2n) is 6.24. The highest BCUT2D eigenvalue weighted by atomic mass is 16.2. The van der Waals surface area contributed by atoms with Crippen molar-refractivity contribution in [3.05, 3.63) is 53.5 Å². The van der Waals surface area contributed by atoms with E-state index >= 15 is 0 Å². The minimum absolute atomic E-state index is 0.0537. The summed E-state index contributed by atoms with van der Waals surface area (Å²) in [6.07, 6.45) is 2.22. The van der Waals surface area contributed by atoms with Gasteiger partial charge in [-0.15, -0.1) is 0 Å². The number of benzene rings is 1. The molecular formula is C20H28N4O. The molecule has 0 atom stereocenters. The van der Waals surface area contributed by atoms with Gasteiger partial charge in [-0.25, -0.2) is 9.97 Å². The Morgan fingerprint density at radius 3 is 2.48 bits per heavy atom. The number of amides is 1. The van der Waals surface area contributed by atoms with Crippen molar-refractivity contribution in [2.24, 2.45) is 0 Å². The molecule has 2 aromatic rings. The molecule has 0 aliphatic heterocycles. The fraction of sp³-hybridized carbons (Fsp3) is 0.450. The Bertz CT molecular complexity index is 687. The van der Waals surface area contributed by atoms with Gasteiger partial charge in [0.25, 0.3) is 5.91 Å². The van der Waals surface area contributed by atoms with Crippen LogP contribution in [0.5, 0.6) is 0 Å². The third-order valence-electron chi connectivity index (χ3n) is 4.17. The molecule has 134 valence electrons. The Hall–Kier alpha value is -2.43. The lowest BCUT2D eigenvalue weighted by Crippen LogP contribution is -2.31. The molecule has 0 N–H and O–H groups in total. The average Bonchev–Trinajstić information content (AvgIpc) is 2.63. The number of carbonyl (C=O) groups excluding carboxylic acids is 1. The van der Waals surface area contributed by atoms with Gasteiger partial charge < -0.3 is 9.80 Å². The van der Waals surface area contributed by atoms with Crippen molar-refractivity contribution < 1.29 is 4.79 Å². The highest BCUT2D eigenvalue weighted by Crippen LogP contribution is 2.15. The van der Waals surface area contributed by atoms with Gasteiger partial charge in [-0.3, -0.25) is 4.79 Å². The van der Waals surface area contributed by atoms with E-state index in [-0.39, 0.29) is 5.91 Å². The number of unbranched alkanes of at least 4 members (excludes halogenated alkanes) is 1. The molecule has 0 unspecified atom stereocenters. The molecule has 0 spiro atoms. The summed E-state index contributed by atoms with van der Waals surface area (Å²) in [5.74, 6) is 1.38. The van der Waals surface area contributed by atoms with Crippen molar-refractivity contribution in [1.29, 1.82) is 0 Å². The molecule has 1 aromatic heterocycles. The van der Waals surface area contributed by atoms with E-state index in [4.69, 9.17) is 0 Å². The number of anilines is 1. The first-order chi connectivity index (χ1) is 12.0. The molecule has 0 radical (unpaired) electrons. The van der Waals surface area contributed by atoms with Crippen LogP contribution in [0.2, 0.25) is 0 Å². The van der Waals surface area contributed by atoms with Crippen molar-refractivity contribution in [3.63, 3.8) is 0 Å². The molecule has 0 fully saturated rings. The number of carbonyl (C=O) groups is 1. The monoisotopic (exact) mass is 340 g/mol. The summed E-state index contributed by atoms with van der Waals surface area (Å²) in [6.45, 7) is 8.13. The minimum Gasteiger partial charge on any atom is -0.360 e. The maximum Gasteiger partial charge on any atom is 0.272 e. The third-order valence-corrected chi connectivity index (χ3v) is 4.17. The normalized spacial score (nSPS) is 10.6. The number of hydrogen-bond acceptors (Lipinski definition) is 4. The number of nitrogens with zero attached hydrogens (tertiary/aromatic N) is 4. The molecule has 1 amide bonds. The summed E-state index contributed by atoms with van der Waals surface area (Å²) in [5, 5.41) is 0. The van der Waals surface area contributed by atoms with Gasteiger partial charge >= 0.3 is 0 Å². The molecule has 0 bridgehead atoms. The van der Waals surface area contributed by atoms with E-state index in [1.807, 2.05) is 56.1 Å². The number of rotatable bonds is 8. The van der Waals surface area contributed by atoms with E-state index in [2.05, 4.69) is 21.8 Å². The fourth-order valence-corrected chi connectivity index (χ4v) is 2.66. The lowest BCUT2D eigenvalue weighted by Gasteiger charge is -2.22. The summed E-state index contributed by atoms with van der Waals surface area (Å²) in [7, 11) is 2.01. The number of hydrogen-bond donors (Lipinski definition) is 0. The Balaban J connectivity index is 2.20. The van der Waals surface area contributed by atoms with Gasteiger partial charge in [-0.05, 0) is 25.8 Å². The standard InChI is InChI=1S/C20H28N4O/c1-5-7-13-23(4)19-14-18(21-16(3)22-19)20(25)24(6-2)15-17-11-9-8-10-12-17/h8-12,14H,5-7,13,15H2,1-4H3. The third kappa shape index (κ3) is 5.28. The second-order valence-corrected chi connectivity index (χ2v) is 6.24. The lowest BCUT2D eigenvalue weighted by atomic mass is 10.2. The van der Waals surface area contributed by atoms with E-state index in [0.717, 1.165) is 30.8 Å². The Kier molecular flexibility index (Phi) is 6.92. The largest absolute Gasteiger partial charge is 0.360 e. The average molecular weight is 340 g/mol. The van der Waals surface area contributed by atoms with Gasteiger partial charge in [-0.2, -0.15) is 0 Å². The minimum atomic E-state index is -0.0537. The molecule has 0 aliphatic carbocycles. The van der Waals surface area contributed by atoms with Gasteiger partial charge in [0, 0.05) is 32.7 Å². The summed E-state index contributed by atoms with van der Waals surface area (Å²) in [4.78, 5) is 25.7. The SMILES string of the molecule is CCCCN(C)c1cc(C(=O)N(CC)Cc2ccccc2)nc(C)n1. The van der Waals surface area contributed by atoms with Crippen molar-refractivity contribution in [1.82, 2.24) is 14.9 Å². The predicted molar refractivity (Wildman–Crippen MR) is 102 cm³/mol. The first-order valence-electron chi connectivity index (χ1n) is 8.95. The quantitative estimate of drug-likeness (QED) is 0.735. The fourth-order valence-electron chi connectivity index (χ4n) is 2.66. The van der Waals surface area contributed by atoms with E-state index in [9.17, 15) is 4.79 Å². The highest BCUT2D eigenvalue weighted by Gasteiger charge is 2.18. The van der Waals surface area contributed by atoms with E-state index in [1.165, 1.54) is 0 Å². The lowest BCUT2D eigenvalue weighted by molar-refractivity contribution is 0.0746. The van der Waals surface area contributed by atoms with Crippen LogP contribution < -0.4 is 4.90 Å². The van der Waals surface area contributed by atoms with Crippen LogP contribution in [-0.4, -0.2) is 40.9 Å². The molecule has 0 aliphatic rings. The molecule has 25 heavy (non-hydrogen) atoms. The van der Waals surface area contributed by atoms with Crippen molar-refractivity contribution in [3.8, 4) is 0 Å². The van der Waals surface area contributed by atoms with Crippen LogP contribution in [0.15, 0.2) is 36.4 Å².